The van der Waals surface area contributed by atoms with Crippen molar-refractivity contribution < 1.29 is 23.7 Å². The molecule has 1 heterocycles. The molecule has 2 aliphatic rings. The van der Waals surface area contributed by atoms with Crippen LogP contribution in [0.15, 0.2) is 66.7 Å². The van der Waals surface area contributed by atoms with Crippen LogP contribution in [0.3, 0.4) is 0 Å². The van der Waals surface area contributed by atoms with Crippen LogP contribution in [0.25, 0.3) is 0 Å². The summed E-state index contributed by atoms with van der Waals surface area (Å²) in [5.74, 6) is 1.14. The lowest BCUT2D eigenvalue weighted by atomic mass is 9.86. The third-order valence-electron chi connectivity index (χ3n) is 7.41. The number of fused-ring (bicyclic) bond motifs is 1. The fourth-order valence-corrected chi connectivity index (χ4v) is 5.24. The van der Waals surface area contributed by atoms with Crippen molar-refractivity contribution in [3.63, 3.8) is 0 Å². The molecule has 0 radical (unpaired) electrons. The maximum absolute atomic E-state index is 12.6. The molecule has 0 spiro atoms. The van der Waals surface area contributed by atoms with Crippen molar-refractivity contribution in [2.75, 3.05) is 13.2 Å². The van der Waals surface area contributed by atoms with Crippen molar-refractivity contribution in [1.82, 2.24) is 0 Å². The molecular weight excluding hydrogens is 478 g/mol. The average Bonchev–Trinajstić information content (AvgIpc) is 3.51. The van der Waals surface area contributed by atoms with Crippen LogP contribution in [0, 0.1) is 30.6 Å². The number of nitriles is 1. The molecule has 1 saturated heterocycles. The van der Waals surface area contributed by atoms with E-state index in [-0.39, 0.29) is 24.9 Å². The van der Waals surface area contributed by atoms with Crippen LogP contribution in [0.2, 0.25) is 0 Å². The number of carbonyl (C=O) groups excluding carboxylic acids is 1. The van der Waals surface area contributed by atoms with Gasteiger partial charge in [0.25, 0.3) is 0 Å². The molecule has 0 N–H and O–H groups in total. The Balaban J connectivity index is 1.34. The summed E-state index contributed by atoms with van der Waals surface area (Å²) in [6.45, 7) is 6.47. The predicted octanol–water partition coefficient (Wildman–Crippen LogP) is 5.83. The molecule has 3 aromatic rings. The van der Waals surface area contributed by atoms with Crippen molar-refractivity contribution in [3.05, 3.63) is 94.5 Å². The molecule has 6 heteroatoms. The molecule has 196 valence electrons. The number of hydrogen-bond donors (Lipinski definition) is 0. The molecule has 0 bridgehead atoms. The Hall–Kier alpha value is -3.82. The van der Waals surface area contributed by atoms with E-state index in [0.717, 1.165) is 28.2 Å². The number of ether oxygens (including phenoxy) is 4. The van der Waals surface area contributed by atoms with Crippen LogP contribution in [0.1, 0.15) is 47.3 Å². The number of benzene rings is 3. The van der Waals surface area contributed by atoms with E-state index in [1.807, 2.05) is 74.5 Å². The topological polar surface area (TPSA) is 77.8 Å². The molecule has 0 saturated carbocycles. The second-order valence-electron chi connectivity index (χ2n) is 10.3. The van der Waals surface area contributed by atoms with E-state index >= 15 is 0 Å². The zero-order valence-corrected chi connectivity index (χ0v) is 22.1. The monoisotopic (exact) mass is 511 g/mol. The van der Waals surface area contributed by atoms with E-state index in [9.17, 15) is 10.1 Å². The van der Waals surface area contributed by atoms with Crippen molar-refractivity contribution in [3.8, 4) is 17.6 Å². The van der Waals surface area contributed by atoms with Gasteiger partial charge in [-0.25, -0.2) is 0 Å². The molecule has 38 heavy (non-hydrogen) atoms. The summed E-state index contributed by atoms with van der Waals surface area (Å²) in [7, 11) is 0. The van der Waals surface area contributed by atoms with Gasteiger partial charge in [0.05, 0.1) is 18.8 Å². The van der Waals surface area contributed by atoms with E-state index in [1.54, 1.807) is 6.92 Å². The zero-order chi connectivity index (χ0) is 26.7. The molecule has 1 aliphatic heterocycles. The van der Waals surface area contributed by atoms with Gasteiger partial charge in [0, 0.05) is 19.3 Å². The SMILES string of the molecule is CCOC(=O)C1(C#N)Cc2ccc([C@H]3C[C@H](Oc4ccc(C)cc4)[C@@H](COc4ccc(C)cc4)O3)cc2C1. The first-order valence-electron chi connectivity index (χ1n) is 13.2. The Morgan fingerprint density at radius 3 is 2.29 bits per heavy atom. The summed E-state index contributed by atoms with van der Waals surface area (Å²) in [4.78, 5) is 12.6. The first-order valence-corrected chi connectivity index (χ1v) is 13.2. The second kappa shape index (κ2) is 10.9. The highest BCUT2D eigenvalue weighted by molar-refractivity contribution is 5.82. The van der Waals surface area contributed by atoms with E-state index in [1.165, 1.54) is 11.1 Å². The van der Waals surface area contributed by atoms with Crippen molar-refractivity contribution in [2.45, 2.75) is 58.3 Å². The average molecular weight is 512 g/mol. The predicted molar refractivity (Wildman–Crippen MR) is 143 cm³/mol. The minimum absolute atomic E-state index is 0.193. The van der Waals surface area contributed by atoms with E-state index < -0.39 is 11.4 Å². The maximum Gasteiger partial charge on any atom is 0.327 e. The fourth-order valence-electron chi connectivity index (χ4n) is 5.24. The van der Waals surface area contributed by atoms with E-state index in [0.29, 0.717) is 25.9 Å². The van der Waals surface area contributed by atoms with Gasteiger partial charge in [-0.15, -0.1) is 0 Å². The molecular formula is C32H33NO5. The van der Waals surface area contributed by atoms with Gasteiger partial charge in [-0.05, 0) is 61.7 Å². The van der Waals surface area contributed by atoms with Crippen molar-refractivity contribution >= 4 is 5.97 Å². The number of carbonyl (C=O) groups is 1. The largest absolute Gasteiger partial charge is 0.491 e. The third-order valence-corrected chi connectivity index (χ3v) is 7.41. The number of nitrogens with zero attached hydrogens (tertiary/aromatic N) is 1. The summed E-state index contributed by atoms with van der Waals surface area (Å²) < 4.78 is 24.2. The minimum Gasteiger partial charge on any atom is -0.491 e. The number of esters is 1. The Morgan fingerprint density at radius 1 is 0.974 bits per heavy atom. The van der Waals surface area contributed by atoms with Gasteiger partial charge in [0.15, 0.2) is 5.41 Å². The lowest BCUT2D eigenvalue weighted by Crippen LogP contribution is -2.32. The van der Waals surface area contributed by atoms with E-state index in [2.05, 4.69) is 12.1 Å². The standard InChI is InChI=1S/C32H33NO5/c1-4-35-31(34)32(20-33)17-24-10-9-23(15-25(24)18-32)28-16-29(37-27-13-7-22(3)8-14-27)30(38-28)19-36-26-11-5-21(2)6-12-26/h5-15,28-30H,4,16-19H2,1-3H3/t28-,29+,30-,32?/m1/s1. The highest BCUT2D eigenvalue weighted by Gasteiger charge is 2.46. The Labute approximate surface area is 224 Å². The molecule has 3 aromatic carbocycles. The van der Waals surface area contributed by atoms with Gasteiger partial charge in [-0.2, -0.15) is 5.26 Å². The van der Waals surface area contributed by atoms with Gasteiger partial charge in [-0.1, -0.05) is 53.6 Å². The minimum atomic E-state index is -1.16. The molecule has 4 atom stereocenters. The first-order chi connectivity index (χ1) is 18.4. The Morgan fingerprint density at radius 2 is 1.63 bits per heavy atom. The van der Waals surface area contributed by atoms with Gasteiger partial charge < -0.3 is 18.9 Å². The smallest absolute Gasteiger partial charge is 0.327 e. The Bertz CT molecular complexity index is 1330. The van der Waals surface area contributed by atoms with Crippen LogP contribution in [0.4, 0.5) is 0 Å². The lowest BCUT2D eigenvalue weighted by molar-refractivity contribution is -0.151. The second-order valence-corrected chi connectivity index (χ2v) is 10.3. The molecule has 0 amide bonds. The molecule has 1 unspecified atom stereocenters. The number of hydrogen-bond acceptors (Lipinski definition) is 6. The normalized spacial score (nSPS) is 23.9. The van der Waals surface area contributed by atoms with Crippen LogP contribution >= 0.6 is 0 Å². The number of aryl methyl sites for hydroxylation is 2. The summed E-state index contributed by atoms with van der Waals surface area (Å²) in [6, 6.07) is 24.4. The van der Waals surface area contributed by atoms with Gasteiger partial charge >= 0.3 is 5.97 Å². The maximum atomic E-state index is 12.6. The van der Waals surface area contributed by atoms with Crippen LogP contribution < -0.4 is 9.47 Å². The molecule has 6 nitrogen and oxygen atoms in total. The first kappa shape index (κ1) is 25.8. The lowest BCUT2D eigenvalue weighted by Gasteiger charge is -2.20. The van der Waals surface area contributed by atoms with E-state index in [4.69, 9.17) is 18.9 Å². The summed E-state index contributed by atoms with van der Waals surface area (Å²) in [5, 5.41) is 9.86. The zero-order valence-electron chi connectivity index (χ0n) is 22.1. The third kappa shape index (κ3) is 5.39. The van der Waals surface area contributed by atoms with Crippen LogP contribution in [-0.4, -0.2) is 31.4 Å². The van der Waals surface area contributed by atoms with Gasteiger partial charge in [0.2, 0.25) is 0 Å². The highest BCUT2D eigenvalue weighted by Crippen LogP contribution is 2.41. The molecule has 5 rings (SSSR count). The van der Waals surface area contributed by atoms with Gasteiger partial charge in [0.1, 0.15) is 30.3 Å². The van der Waals surface area contributed by atoms with Crippen molar-refractivity contribution in [1.29, 1.82) is 5.26 Å². The van der Waals surface area contributed by atoms with Crippen LogP contribution in [0.5, 0.6) is 11.5 Å². The summed E-state index contributed by atoms with van der Waals surface area (Å²) in [5.41, 5.74) is 4.21. The highest BCUT2D eigenvalue weighted by atomic mass is 16.6. The quantitative estimate of drug-likeness (QED) is 0.354. The number of rotatable bonds is 8. The summed E-state index contributed by atoms with van der Waals surface area (Å²) in [6.07, 6.45) is 0.724. The fraction of sp³-hybridized carbons (Fsp3) is 0.375. The molecule has 1 fully saturated rings. The molecule has 1 aliphatic carbocycles. The summed E-state index contributed by atoms with van der Waals surface area (Å²) >= 11 is 0. The van der Waals surface area contributed by atoms with Gasteiger partial charge in [-0.3, -0.25) is 4.79 Å². The Kier molecular flexibility index (Phi) is 7.40. The van der Waals surface area contributed by atoms with Crippen molar-refractivity contribution in [2.24, 2.45) is 5.41 Å². The van der Waals surface area contributed by atoms with Crippen LogP contribution in [-0.2, 0) is 27.1 Å². The molecule has 0 aromatic heterocycles.